The Labute approximate surface area is 440 Å². The number of aromatic nitrogens is 6. The average Bonchev–Trinajstić information content (AvgIpc) is 4.15. The predicted octanol–water partition coefficient (Wildman–Crippen LogP) is 6.27. The van der Waals surface area contributed by atoms with Gasteiger partial charge in [0, 0.05) is 34.6 Å². The Morgan fingerprint density at radius 3 is 1.26 bits per heavy atom. The first-order valence-corrected chi connectivity index (χ1v) is 24.6. The van der Waals surface area contributed by atoms with Crippen LogP contribution in [0.4, 0.5) is 0 Å². The molecule has 0 atom stereocenters. The SMILES string of the molecule is Cc1c(-c2ccc(OCCOCCOCCOc3ccc(-c4c(C)c(C(=O)c5ccc6[nH]c(=O)n(CC(=O)O)c(=O)c6c5)n5ccccc45)cc3)cc2)c2ccccn2c1C(=O)c1ccc2[nH]c(=O)n(CC(=O)O)c(=O)c2c1. The van der Waals surface area contributed by atoms with Gasteiger partial charge in [0.1, 0.15) is 37.8 Å². The number of nitrogens with zero attached hydrogens (tertiary/aromatic N) is 4. The molecule has 0 spiro atoms. The molecule has 0 amide bonds. The van der Waals surface area contributed by atoms with Gasteiger partial charge in [0.15, 0.2) is 0 Å². The number of ketones is 2. The number of carbonyl (C=O) groups is 4. The van der Waals surface area contributed by atoms with Gasteiger partial charge in [-0.15, -0.1) is 0 Å². The number of ether oxygens (including phenoxy) is 4. The molecule has 20 heteroatoms. The fraction of sp³-hybridized carbons (Fsp3) is 0.172. The summed E-state index contributed by atoms with van der Waals surface area (Å²) in [7, 11) is 0. The molecular weight excluding hydrogens is 1000 g/mol. The lowest BCUT2D eigenvalue weighted by Crippen LogP contribution is -2.37. The van der Waals surface area contributed by atoms with Crippen LogP contribution in [0.3, 0.4) is 0 Å². The van der Waals surface area contributed by atoms with Crippen LogP contribution in [0.25, 0.3) is 55.1 Å². The van der Waals surface area contributed by atoms with Gasteiger partial charge in [-0.3, -0.25) is 28.8 Å². The summed E-state index contributed by atoms with van der Waals surface area (Å²) in [6.07, 6.45) is 3.57. The second kappa shape index (κ2) is 21.7. The molecule has 6 heterocycles. The number of fused-ring (bicyclic) bond motifs is 4. The number of carbonyl (C=O) groups excluding carboxylic acids is 2. The van der Waals surface area contributed by atoms with Crippen molar-refractivity contribution in [3.8, 4) is 33.8 Å². The first-order chi connectivity index (χ1) is 37.7. The first kappa shape index (κ1) is 51.6. The molecule has 10 rings (SSSR count). The van der Waals surface area contributed by atoms with Gasteiger partial charge >= 0.3 is 23.3 Å². The average molecular weight is 1050 g/mol. The number of carboxylic acids is 2. The number of aliphatic carboxylic acids is 2. The maximum absolute atomic E-state index is 14.2. The van der Waals surface area contributed by atoms with Crippen LogP contribution < -0.4 is 32.0 Å². The molecule has 0 aliphatic heterocycles. The molecule has 0 saturated carbocycles. The Bertz CT molecular complexity index is 4000. The Morgan fingerprint density at radius 1 is 0.487 bits per heavy atom. The number of H-pyrrole nitrogens is 2. The third kappa shape index (κ3) is 10.0. The van der Waals surface area contributed by atoms with Crippen LogP contribution in [-0.2, 0) is 32.2 Å². The summed E-state index contributed by atoms with van der Waals surface area (Å²) in [4.78, 5) is 107. The van der Waals surface area contributed by atoms with E-state index in [1.807, 2.05) is 98.8 Å². The van der Waals surface area contributed by atoms with Crippen molar-refractivity contribution in [2.24, 2.45) is 0 Å². The van der Waals surface area contributed by atoms with E-state index in [2.05, 4.69) is 9.97 Å². The van der Waals surface area contributed by atoms with Crippen LogP contribution in [0.2, 0.25) is 0 Å². The van der Waals surface area contributed by atoms with Crippen LogP contribution in [0.15, 0.2) is 153 Å². The lowest BCUT2D eigenvalue weighted by Gasteiger charge is -2.10. The molecule has 10 aromatic rings. The maximum Gasteiger partial charge on any atom is 0.329 e. The Morgan fingerprint density at radius 2 is 0.872 bits per heavy atom. The normalized spacial score (nSPS) is 11.5. The zero-order valence-electron chi connectivity index (χ0n) is 41.9. The number of rotatable bonds is 21. The molecule has 0 radical (unpaired) electrons. The van der Waals surface area contributed by atoms with E-state index in [4.69, 9.17) is 18.9 Å². The first-order valence-electron chi connectivity index (χ1n) is 24.6. The van der Waals surface area contributed by atoms with Crippen molar-refractivity contribution in [3.63, 3.8) is 0 Å². The molecular formula is C58H48N6O14. The van der Waals surface area contributed by atoms with E-state index >= 15 is 0 Å². The maximum atomic E-state index is 14.2. The third-order valence-electron chi connectivity index (χ3n) is 13.3. The topological polar surface area (TPSA) is 264 Å². The quantitative estimate of drug-likeness (QED) is 0.0457. The minimum absolute atomic E-state index is 0.0110. The lowest BCUT2D eigenvalue weighted by atomic mass is 9.98. The van der Waals surface area contributed by atoms with Crippen molar-refractivity contribution in [1.82, 2.24) is 27.9 Å². The van der Waals surface area contributed by atoms with Gasteiger partial charge < -0.3 is 47.9 Å². The Balaban J connectivity index is 0.698. The molecule has 0 saturated heterocycles. The van der Waals surface area contributed by atoms with E-state index in [9.17, 15) is 48.6 Å². The monoisotopic (exact) mass is 1050 g/mol. The second-order valence-electron chi connectivity index (χ2n) is 18.2. The molecule has 78 heavy (non-hydrogen) atoms. The minimum atomic E-state index is -1.35. The van der Waals surface area contributed by atoms with Crippen LogP contribution in [-0.4, -0.2) is 101 Å². The number of hydrogen-bond acceptors (Lipinski definition) is 12. The molecule has 4 N–H and O–H groups in total. The molecule has 0 unspecified atom stereocenters. The highest BCUT2D eigenvalue weighted by atomic mass is 16.6. The third-order valence-corrected chi connectivity index (χ3v) is 13.3. The van der Waals surface area contributed by atoms with Gasteiger partial charge in [-0.25, -0.2) is 18.7 Å². The summed E-state index contributed by atoms with van der Waals surface area (Å²) in [5.41, 5.74) is 4.47. The Hall–Kier alpha value is -9.92. The summed E-state index contributed by atoms with van der Waals surface area (Å²) in [5.74, 6) is -2.20. The van der Waals surface area contributed by atoms with E-state index in [1.165, 1.54) is 36.4 Å². The van der Waals surface area contributed by atoms with Gasteiger partial charge in [0.2, 0.25) is 11.6 Å². The number of carboxylic acid groups (broad SMARTS) is 2. The van der Waals surface area contributed by atoms with Crippen LogP contribution >= 0.6 is 0 Å². The van der Waals surface area contributed by atoms with Crippen molar-refractivity contribution in [3.05, 3.63) is 209 Å². The standard InChI is InChI=1S/C58H48N6O14/c1-33-49(45-7-3-5-21-61(45)51(33)53(69)37-13-19-43-41(29-37)55(71)63(31-47(65)66)57(73)59-43)35-9-15-39(16-10-35)77-27-25-75-23-24-76-26-28-78-40-17-11-36(12-18-40)50-34(2)52(62-22-6-4-8-46(50)62)54(70)38-14-20-44-42(30-38)56(72)64(32-48(67)68)58(74)60-44/h3-22,29-30H,23-28,31-32H2,1-2H3,(H,59,73)(H,60,74)(H,65,66)(H,67,68). The number of aromatic amines is 2. The number of hydrogen-bond donors (Lipinski definition) is 4. The highest BCUT2D eigenvalue weighted by molar-refractivity contribution is 6.14. The van der Waals surface area contributed by atoms with Crippen LogP contribution in [0.5, 0.6) is 11.5 Å². The molecule has 20 nitrogen and oxygen atoms in total. The zero-order valence-corrected chi connectivity index (χ0v) is 41.9. The molecule has 0 fully saturated rings. The summed E-state index contributed by atoms with van der Waals surface area (Å²) < 4.78 is 28.1. The van der Waals surface area contributed by atoms with Gasteiger partial charge in [-0.05, 0) is 121 Å². The minimum Gasteiger partial charge on any atom is -0.491 e. The van der Waals surface area contributed by atoms with Crippen LogP contribution in [0, 0.1) is 13.8 Å². The largest absolute Gasteiger partial charge is 0.491 e. The molecule has 6 aromatic heterocycles. The van der Waals surface area contributed by atoms with Gasteiger partial charge in [0.05, 0.1) is 70.7 Å². The smallest absolute Gasteiger partial charge is 0.329 e. The lowest BCUT2D eigenvalue weighted by molar-refractivity contribution is -0.138. The molecule has 4 aromatic carbocycles. The zero-order chi connectivity index (χ0) is 54.8. The molecule has 394 valence electrons. The summed E-state index contributed by atoms with van der Waals surface area (Å²) in [5, 5.41) is 18.5. The van der Waals surface area contributed by atoms with Gasteiger partial charge in [-0.2, -0.15) is 0 Å². The van der Waals surface area contributed by atoms with E-state index in [0.29, 0.717) is 69.6 Å². The Kier molecular flexibility index (Phi) is 14.4. The van der Waals surface area contributed by atoms with Crippen LogP contribution in [0.1, 0.15) is 43.2 Å². The summed E-state index contributed by atoms with van der Waals surface area (Å²) in [6, 6.07) is 34.9. The van der Waals surface area contributed by atoms with E-state index < -0.39 is 47.5 Å². The van der Waals surface area contributed by atoms with Crippen molar-refractivity contribution in [2.75, 3.05) is 39.6 Å². The van der Waals surface area contributed by atoms with E-state index in [1.54, 1.807) is 21.2 Å². The second-order valence-corrected chi connectivity index (χ2v) is 18.2. The summed E-state index contributed by atoms with van der Waals surface area (Å²) >= 11 is 0. The van der Waals surface area contributed by atoms with Gasteiger partial charge in [-0.1, -0.05) is 36.4 Å². The van der Waals surface area contributed by atoms with Crippen molar-refractivity contribution in [2.45, 2.75) is 26.9 Å². The molecule has 0 aliphatic carbocycles. The van der Waals surface area contributed by atoms with Crippen molar-refractivity contribution in [1.29, 1.82) is 0 Å². The fourth-order valence-corrected chi connectivity index (χ4v) is 9.76. The fourth-order valence-electron chi connectivity index (χ4n) is 9.76. The molecule has 0 aliphatic rings. The number of nitrogens with one attached hydrogen (secondary N) is 2. The molecule has 0 bridgehead atoms. The number of benzene rings is 4. The van der Waals surface area contributed by atoms with Crippen molar-refractivity contribution < 1.29 is 48.3 Å². The van der Waals surface area contributed by atoms with E-state index in [-0.39, 0.29) is 57.7 Å². The highest BCUT2D eigenvalue weighted by Crippen LogP contribution is 2.37. The highest BCUT2D eigenvalue weighted by Gasteiger charge is 2.26. The predicted molar refractivity (Wildman–Crippen MR) is 288 cm³/mol. The number of pyridine rings is 2. The van der Waals surface area contributed by atoms with Gasteiger partial charge in [0.25, 0.3) is 11.1 Å². The van der Waals surface area contributed by atoms with Crippen molar-refractivity contribution >= 4 is 56.3 Å². The van der Waals surface area contributed by atoms with E-state index in [0.717, 1.165) is 33.3 Å². The summed E-state index contributed by atoms with van der Waals surface area (Å²) in [6.45, 7) is 3.94.